The molecule has 0 bridgehead atoms. The molecular formula is C13H21FN2O2S. The van der Waals surface area contributed by atoms with Crippen LogP contribution in [-0.2, 0) is 16.4 Å². The summed E-state index contributed by atoms with van der Waals surface area (Å²) in [6.45, 7) is 3.48. The van der Waals surface area contributed by atoms with Gasteiger partial charge in [-0.1, -0.05) is 13.0 Å². The van der Waals surface area contributed by atoms with Crippen molar-refractivity contribution in [3.63, 3.8) is 0 Å². The van der Waals surface area contributed by atoms with Crippen LogP contribution in [-0.4, -0.2) is 40.6 Å². The Morgan fingerprint density at radius 3 is 2.63 bits per heavy atom. The number of sulfone groups is 1. The predicted octanol–water partition coefficient (Wildman–Crippen LogP) is 1.42. The summed E-state index contributed by atoms with van der Waals surface area (Å²) in [6, 6.07) is 4.86. The van der Waals surface area contributed by atoms with E-state index in [1.165, 1.54) is 12.3 Å². The van der Waals surface area contributed by atoms with E-state index in [9.17, 15) is 12.8 Å². The minimum atomic E-state index is -3.02. The molecule has 0 aromatic heterocycles. The van der Waals surface area contributed by atoms with Crippen LogP contribution in [0.4, 0.5) is 10.1 Å². The molecule has 0 atom stereocenters. The zero-order valence-corrected chi connectivity index (χ0v) is 12.4. The molecule has 1 rings (SSSR count). The van der Waals surface area contributed by atoms with Crippen LogP contribution in [0.2, 0.25) is 0 Å². The number of hydrogen-bond donors (Lipinski definition) is 1. The standard InChI is InChI=1S/C13H21FN2O2S/c1-4-15-10-11-12(14)6-5-7-13(11)16(2)8-9-19(3,17)18/h5-7,15H,4,8-10H2,1-3H3. The molecule has 0 saturated carbocycles. The van der Waals surface area contributed by atoms with E-state index in [1.807, 2.05) is 6.92 Å². The van der Waals surface area contributed by atoms with Crippen LogP contribution in [0.3, 0.4) is 0 Å². The zero-order valence-electron chi connectivity index (χ0n) is 11.6. The summed E-state index contributed by atoms with van der Waals surface area (Å²) in [4.78, 5) is 1.77. The SMILES string of the molecule is CCNCc1c(F)cccc1N(C)CCS(C)(=O)=O. The third-order valence-electron chi connectivity index (χ3n) is 2.85. The van der Waals surface area contributed by atoms with Gasteiger partial charge in [0, 0.05) is 37.6 Å². The van der Waals surface area contributed by atoms with Gasteiger partial charge in [0.15, 0.2) is 0 Å². The molecule has 1 N–H and O–H groups in total. The number of halogens is 1. The van der Waals surface area contributed by atoms with Crippen LogP contribution in [0, 0.1) is 5.82 Å². The Hall–Kier alpha value is -1.14. The van der Waals surface area contributed by atoms with Crippen LogP contribution < -0.4 is 10.2 Å². The number of rotatable bonds is 7. The highest BCUT2D eigenvalue weighted by atomic mass is 32.2. The number of anilines is 1. The van der Waals surface area contributed by atoms with Crippen LogP contribution in [0.1, 0.15) is 12.5 Å². The minimum Gasteiger partial charge on any atom is -0.373 e. The van der Waals surface area contributed by atoms with Crippen molar-refractivity contribution >= 4 is 15.5 Å². The average Bonchev–Trinajstić information content (AvgIpc) is 2.33. The summed E-state index contributed by atoms with van der Waals surface area (Å²) in [7, 11) is -1.24. The summed E-state index contributed by atoms with van der Waals surface area (Å²) >= 11 is 0. The second kappa shape index (κ2) is 6.86. The van der Waals surface area contributed by atoms with Crippen molar-refractivity contribution in [2.75, 3.05) is 37.0 Å². The van der Waals surface area contributed by atoms with Crippen molar-refractivity contribution < 1.29 is 12.8 Å². The molecule has 108 valence electrons. The van der Waals surface area contributed by atoms with Crippen molar-refractivity contribution in [2.45, 2.75) is 13.5 Å². The van der Waals surface area contributed by atoms with E-state index >= 15 is 0 Å². The first-order valence-electron chi connectivity index (χ1n) is 6.22. The molecule has 19 heavy (non-hydrogen) atoms. The predicted molar refractivity (Wildman–Crippen MR) is 76.8 cm³/mol. The first-order valence-corrected chi connectivity index (χ1v) is 8.28. The molecule has 0 radical (unpaired) electrons. The molecule has 0 aliphatic carbocycles. The molecule has 0 heterocycles. The van der Waals surface area contributed by atoms with Crippen molar-refractivity contribution in [1.29, 1.82) is 0 Å². The first-order chi connectivity index (χ1) is 8.85. The highest BCUT2D eigenvalue weighted by Gasteiger charge is 2.13. The van der Waals surface area contributed by atoms with Gasteiger partial charge >= 0.3 is 0 Å². The lowest BCUT2D eigenvalue weighted by Crippen LogP contribution is -2.27. The molecule has 1 aromatic carbocycles. The quantitative estimate of drug-likeness (QED) is 0.824. The third kappa shape index (κ3) is 5.16. The molecule has 0 fully saturated rings. The van der Waals surface area contributed by atoms with Gasteiger partial charge < -0.3 is 10.2 Å². The number of hydrogen-bond acceptors (Lipinski definition) is 4. The fourth-order valence-electron chi connectivity index (χ4n) is 1.75. The Morgan fingerprint density at radius 1 is 1.37 bits per heavy atom. The van der Waals surface area contributed by atoms with E-state index in [0.717, 1.165) is 12.2 Å². The second-order valence-electron chi connectivity index (χ2n) is 4.57. The fraction of sp³-hybridized carbons (Fsp3) is 0.538. The summed E-state index contributed by atoms with van der Waals surface area (Å²) in [6.07, 6.45) is 1.20. The van der Waals surface area contributed by atoms with Crippen LogP contribution in [0.25, 0.3) is 0 Å². The monoisotopic (exact) mass is 288 g/mol. The number of nitrogens with zero attached hydrogens (tertiary/aromatic N) is 1. The van der Waals surface area contributed by atoms with E-state index in [4.69, 9.17) is 0 Å². The second-order valence-corrected chi connectivity index (χ2v) is 6.83. The third-order valence-corrected chi connectivity index (χ3v) is 3.78. The van der Waals surface area contributed by atoms with Crippen molar-refractivity contribution in [1.82, 2.24) is 5.32 Å². The summed E-state index contributed by atoms with van der Waals surface area (Å²) in [5.41, 5.74) is 1.30. The maximum Gasteiger partial charge on any atom is 0.149 e. The van der Waals surface area contributed by atoms with Gasteiger partial charge in [-0.2, -0.15) is 0 Å². The van der Waals surface area contributed by atoms with E-state index in [-0.39, 0.29) is 11.6 Å². The van der Waals surface area contributed by atoms with Gasteiger partial charge in [-0.3, -0.25) is 0 Å². The topological polar surface area (TPSA) is 49.4 Å². The Labute approximate surface area is 114 Å². The largest absolute Gasteiger partial charge is 0.373 e. The number of nitrogens with one attached hydrogen (secondary N) is 1. The highest BCUT2D eigenvalue weighted by Crippen LogP contribution is 2.22. The Bertz CT molecular complexity index is 517. The Morgan fingerprint density at radius 2 is 2.05 bits per heavy atom. The molecule has 0 unspecified atom stereocenters. The molecular weight excluding hydrogens is 267 g/mol. The zero-order chi connectivity index (χ0) is 14.5. The van der Waals surface area contributed by atoms with E-state index in [1.54, 1.807) is 24.1 Å². The Balaban J connectivity index is 2.89. The molecule has 0 aliphatic rings. The van der Waals surface area contributed by atoms with Gasteiger partial charge in [-0.15, -0.1) is 0 Å². The highest BCUT2D eigenvalue weighted by molar-refractivity contribution is 7.90. The molecule has 6 heteroatoms. The number of benzene rings is 1. The normalized spacial score (nSPS) is 11.6. The molecule has 0 spiro atoms. The van der Waals surface area contributed by atoms with Crippen LogP contribution >= 0.6 is 0 Å². The van der Waals surface area contributed by atoms with Crippen LogP contribution in [0.5, 0.6) is 0 Å². The van der Waals surface area contributed by atoms with Gasteiger partial charge in [0.2, 0.25) is 0 Å². The van der Waals surface area contributed by atoms with E-state index in [2.05, 4.69) is 5.32 Å². The van der Waals surface area contributed by atoms with Gasteiger partial charge in [0.1, 0.15) is 15.7 Å². The average molecular weight is 288 g/mol. The smallest absolute Gasteiger partial charge is 0.149 e. The summed E-state index contributed by atoms with van der Waals surface area (Å²) in [5.74, 6) is -0.217. The maximum absolute atomic E-state index is 13.8. The van der Waals surface area contributed by atoms with Gasteiger partial charge in [-0.05, 0) is 18.7 Å². The fourth-order valence-corrected chi connectivity index (χ4v) is 2.36. The molecule has 0 amide bonds. The van der Waals surface area contributed by atoms with Crippen molar-refractivity contribution in [3.05, 3.63) is 29.6 Å². The van der Waals surface area contributed by atoms with E-state index < -0.39 is 9.84 Å². The van der Waals surface area contributed by atoms with E-state index in [0.29, 0.717) is 18.7 Å². The Kier molecular flexibility index (Phi) is 5.75. The van der Waals surface area contributed by atoms with Gasteiger partial charge in [0.05, 0.1) is 5.75 Å². The lowest BCUT2D eigenvalue weighted by molar-refractivity contribution is 0.592. The van der Waals surface area contributed by atoms with Crippen molar-refractivity contribution in [2.24, 2.45) is 0 Å². The van der Waals surface area contributed by atoms with Crippen molar-refractivity contribution in [3.8, 4) is 0 Å². The summed E-state index contributed by atoms with van der Waals surface area (Å²) in [5, 5.41) is 3.09. The molecule has 4 nitrogen and oxygen atoms in total. The maximum atomic E-state index is 13.8. The van der Waals surface area contributed by atoms with Gasteiger partial charge in [-0.25, -0.2) is 12.8 Å². The lowest BCUT2D eigenvalue weighted by Gasteiger charge is -2.22. The molecule has 1 aromatic rings. The molecule has 0 aliphatic heterocycles. The van der Waals surface area contributed by atoms with Crippen LogP contribution in [0.15, 0.2) is 18.2 Å². The first kappa shape index (κ1) is 15.9. The lowest BCUT2D eigenvalue weighted by atomic mass is 10.1. The summed E-state index contributed by atoms with van der Waals surface area (Å²) < 4.78 is 36.2. The van der Waals surface area contributed by atoms with Gasteiger partial charge in [0.25, 0.3) is 0 Å². The minimum absolute atomic E-state index is 0.0562. The molecule has 0 saturated heterocycles.